The summed E-state index contributed by atoms with van der Waals surface area (Å²) in [7, 11) is 0. The molecule has 2 rings (SSSR count). The van der Waals surface area contributed by atoms with Crippen molar-refractivity contribution < 1.29 is 28.6 Å². The number of fused-ring (bicyclic) bond motifs is 1. The van der Waals surface area contributed by atoms with Crippen LogP contribution in [0.1, 0.15) is 38.3 Å². The molecule has 168 valence electrons. The Morgan fingerprint density at radius 2 is 1.87 bits per heavy atom. The number of carbonyl (C=O) groups excluding carboxylic acids is 2. The summed E-state index contributed by atoms with van der Waals surface area (Å²) in [5.74, 6) is -2.18. The van der Waals surface area contributed by atoms with Gasteiger partial charge in [0.1, 0.15) is 17.4 Å². The van der Waals surface area contributed by atoms with Gasteiger partial charge in [0, 0.05) is 6.07 Å². The average Bonchev–Trinajstić information content (AvgIpc) is 2.67. The van der Waals surface area contributed by atoms with Crippen LogP contribution in [0.3, 0.4) is 0 Å². The van der Waals surface area contributed by atoms with Crippen LogP contribution in [0.4, 0.5) is 0 Å². The Bertz CT molecular complexity index is 1030. The van der Waals surface area contributed by atoms with Gasteiger partial charge in [-0.25, -0.2) is 9.59 Å². The smallest absolute Gasteiger partial charge is 0.336 e. The third kappa shape index (κ3) is 6.56. The summed E-state index contributed by atoms with van der Waals surface area (Å²) in [6, 6.07) is 3.87. The van der Waals surface area contributed by atoms with Crippen LogP contribution in [-0.4, -0.2) is 42.1 Å². The molecule has 31 heavy (non-hydrogen) atoms. The fourth-order valence-electron chi connectivity index (χ4n) is 3.16. The van der Waals surface area contributed by atoms with Crippen LogP contribution >= 0.6 is 0 Å². The van der Waals surface area contributed by atoms with Crippen molar-refractivity contribution in [2.45, 2.75) is 46.6 Å². The van der Waals surface area contributed by atoms with E-state index in [0.717, 1.165) is 17.5 Å². The zero-order valence-corrected chi connectivity index (χ0v) is 18.1. The number of hydrogen-bond acceptors (Lipinski definition) is 6. The molecule has 2 aromatic rings. The van der Waals surface area contributed by atoms with Crippen molar-refractivity contribution >= 4 is 28.8 Å². The lowest BCUT2D eigenvalue weighted by atomic mass is 10.0. The van der Waals surface area contributed by atoms with E-state index in [1.54, 1.807) is 26.0 Å². The molecule has 3 N–H and O–H groups in total. The SMILES string of the molecule is CCCc1cc(=O)oc2cc(C)cc(OCC(=O)NCC(=O)NC(C(=O)O)C(C)C)c12. The number of amides is 2. The van der Waals surface area contributed by atoms with E-state index in [0.29, 0.717) is 23.1 Å². The lowest BCUT2D eigenvalue weighted by molar-refractivity contribution is -0.143. The van der Waals surface area contributed by atoms with Crippen molar-refractivity contribution in [3.8, 4) is 5.75 Å². The molecule has 1 unspecified atom stereocenters. The summed E-state index contributed by atoms with van der Waals surface area (Å²) in [5.41, 5.74) is 1.51. The van der Waals surface area contributed by atoms with Crippen LogP contribution < -0.4 is 21.0 Å². The number of carboxylic acid groups (broad SMARTS) is 1. The van der Waals surface area contributed by atoms with Crippen molar-refractivity contribution in [1.29, 1.82) is 0 Å². The van der Waals surface area contributed by atoms with E-state index < -0.39 is 29.5 Å². The molecular weight excluding hydrogens is 404 g/mol. The molecule has 0 radical (unpaired) electrons. The first kappa shape index (κ1) is 23.9. The molecule has 9 heteroatoms. The second-order valence-corrected chi connectivity index (χ2v) is 7.67. The standard InChI is InChI=1S/C22H28N2O7/c1-5-6-14-9-19(27)31-16-8-13(4)7-15(20(14)16)30-11-18(26)23-10-17(25)24-21(12(2)3)22(28)29/h7-9,12,21H,5-6,10-11H2,1-4H3,(H,23,26)(H,24,25)(H,28,29). The average molecular weight is 432 g/mol. The number of aryl methyl sites for hydroxylation is 2. The van der Waals surface area contributed by atoms with Gasteiger partial charge in [0.2, 0.25) is 5.91 Å². The maximum Gasteiger partial charge on any atom is 0.336 e. The van der Waals surface area contributed by atoms with Crippen LogP contribution in [0, 0.1) is 12.8 Å². The van der Waals surface area contributed by atoms with Gasteiger partial charge in [-0.1, -0.05) is 27.2 Å². The number of rotatable bonds is 10. The van der Waals surface area contributed by atoms with Gasteiger partial charge in [0.05, 0.1) is 11.9 Å². The highest BCUT2D eigenvalue weighted by Crippen LogP contribution is 2.30. The molecule has 2 amide bonds. The minimum atomic E-state index is -1.14. The van der Waals surface area contributed by atoms with Crippen molar-refractivity contribution in [2.24, 2.45) is 5.92 Å². The summed E-state index contributed by atoms with van der Waals surface area (Å²) >= 11 is 0. The van der Waals surface area contributed by atoms with E-state index in [4.69, 9.17) is 14.3 Å². The van der Waals surface area contributed by atoms with Gasteiger partial charge in [-0.05, 0) is 42.5 Å². The monoisotopic (exact) mass is 432 g/mol. The molecule has 9 nitrogen and oxygen atoms in total. The molecule has 0 aliphatic rings. The maximum atomic E-state index is 12.2. The molecule has 0 bridgehead atoms. The topological polar surface area (TPSA) is 135 Å². The van der Waals surface area contributed by atoms with Gasteiger partial charge in [-0.3, -0.25) is 9.59 Å². The molecule has 0 aliphatic carbocycles. The Morgan fingerprint density at radius 1 is 1.16 bits per heavy atom. The Hall–Kier alpha value is -3.36. The Kier molecular flexibility index (Phi) is 8.18. The number of carboxylic acids is 1. The minimum absolute atomic E-state index is 0.299. The number of hydrogen-bond donors (Lipinski definition) is 3. The molecule has 1 aromatic heterocycles. The fourth-order valence-corrected chi connectivity index (χ4v) is 3.16. The quantitative estimate of drug-likeness (QED) is 0.487. The van der Waals surface area contributed by atoms with Crippen LogP contribution in [0.5, 0.6) is 5.75 Å². The van der Waals surface area contributed by atoms with Crippen molar-refractivity contribution in [3.63, 3.8) is 0 Å². The zero-order valence-electron chi connectivity index (χ0n) is 18.1. The highest BCUT2D eigenvalue weighted by molar-refractivity contribution is 5.90. The second kappa shape index (κ2) is 10.6. The van der Waals surface area contributed by atoms with Crippen molar-refractivity contribution in [3.05, 3.63) is 39.7 Å². The minimum Gasteiger partial charge on any atom is -0.483 e. The number of ether oxygens (including phenoxy) is 1. The van der Waals surface area contributed by atoms with Crippen LogP contribution in [-0.2, 0) is 20.8 Å². The van der Waals surface area contributed by atoms with Gasteiger partial charge in [0.15, 0.2) is 6.61 Å². The molecular formula is C22H28N2O7. The lowest BCUT2D eigenvalue weighted by Gasteiger charge is -2.18. The van der Waals surface area contributed by atoms with Crippen LogP contribution in [0.2, 0.25) is 0 Å². The van der Waals surface area contributed by atoms with E-state index in [1.807, 2.05) is 13.8 Å². The Labute approximate surface area is 179 Å². The number of benzene rings is 1. The number of aliphatic carboxylic acids is 1. The first-order valence-corrected chi connectivity index (χ1v) is 10.1. The van der Waals surface area contributed by atoms with Gasteiger partial charge < -0.3 is 24.9 Å². The highest BCUT2D eigenvalue weighted by Gasteiger charge is 2.23. The Balaban J connectivity index is 2.06. The third-order valence-corrected chi connectivity index (χ3v) is 4.61. The normalized spacial score (nSPS) is 11.9. The summed E-state index contributed by atoms with van der Waals surface area (Å²) < 4.78 is 11.0. The summed E-state index contributed by atoms with van der Waals surface area (Å²) in [6.45, 7) is 6.42. The molecule has 0 saturated carbocycles. The molecule has 0 fully saturated rings. The Morgan fingerprint density at radius 3 is 2.48 bits per heavy atom. The largest absolute Gasteiger partial charge is 0.483 e. The van der Waals surface area contributed by atoms with Gasteiger partial charge in [-0.15, -0.1) is 0 Å². The molecule has 0 spiro atoms. The molecule has 1 aromatic carbocycles. The first-order valence-electron chi connectivity index (χ1n) is 10.1. The molecule has 0 aliphatic heterocycles. The van der Waals surface area contributed by atoms with Gasteiger partial charge in [0.25, 0.3) is 5.91 Å². The lowest BCUT2D eigenvalue weighted by Crippen LogP contribution is -2.48. The third-order valence-electron chi connectivity index (χ3n) is 4.61. The van der Waals surface area contributed by atoms with Crippen LogP contribution in [0.15, 0.2) is 27.4 Å². The highest BCUT2D eigenvalue weighted by atomic mass is 16.5. The first-order chi connectivity index (χ1) is 14.6. The van der Waals surface area contributed by atoms with Crippen LogP contribution in [0.25, 0.3) is 11.0 Å². The van der Waals surface area contributed by atoms with Gasteiger partial charge >= 0.3 is 11.6 Å². The molecule has 1 atom stereocenters. The molecule has 0 saturated heterocycles. The van der Waals surface area contributed by atoms with E-state index in [-0.39, 0.29) is 19.1 Å². The maximum absolute atomic E-state index is 12.2. The number of carbonyl (C=O) groups is 3. The van der Waals surface area contributed by atoms with E-state index in [2.05, 4.69) is 10.6 Å². The second-order valence-electron chi connectivity index (χ2n) is 7.67. The predicted octanol–water partition coefficient (Wildman–Crippen LogP) is 1.77. The summed E-state index contributed by atoms with van der Waals surface area (Å²) in [4.78, 5) is 47.1. The predicted molar refractivity (Wildman–Crippen MR) is 114 cm³/mol. The van der Waals surface area contributed by atoms with Gasteiger partial charge in [-0.2, -0.15) is 0 Å². The summed E-state index contributed by atoms with van der Waals surface area (Å²) in [5, 5.41) is 14.5. The van der Waals surface area contributed by atoms with Crippen molar-refractivity contribution in [1.82, 2.24) is 10.6 Å². The molecule has 1 heterocycles. The van der Waals surface area contributed by atoms with E-state index in [9.17, 15) is 19.2 Å². The van der Waals surface area contributed by atoms with E-state index in [1.165, 1.54) is 6.07 Å². The fraction of sp³-hybridized carbons (Fsp3) is 0.455. The van der Waals surface area contributed by atoms with E-state index >= 15 is 0 Å². The summed E-state index contributed by atoms with van der Waals surface area (Å²) in [6.07, 6.45) is 1.46. The van der Waals surface area contributed by atoms with Crippen molar-refractivity contribution in [2.75, 3.05) is 13.2 Å². The number of nitrogens with one attached hydrogen (secondary N) is 2. The zero-order chi connectivity index (χ0) is 23.1.